The van der Waals surface area contributed by atoms with Crippen LogP contribution in [0.5, 0.6) is 0 Å². The molecule has 8 atom stereocenters. The molecule has 2 fully saturated rings. The zero-order valence-electron chi connectivity index (χ0n) is 15.1. The second-order valence-corrected chi connectivity index (χ2v) is 8.01. The highest BCUT2D eigenvalue weighted by molar-refractivity contribution is 5.65. The van der Waals surface area contributed by atoms with Crippen molar-refractivity contribution in [3.05, 3.63) is 11.6 Å². The number of ether oxygens (including phenoxy) is 3. The van der Waals surface area contributed by atoms with Gasteiger partial charge in [-0.2, -0.15) is 0 Å². The number of aliphatic hydroxyl groups is 3. The van der Waals surface area contributed by atoms with Gasteiger partial charge in [-0.1, -0.05) is 25.5 Å². The highest BCUT2D eigenvalue weighted by Gasteiger charge is 2.60. The van der Waals surface area contributed by atoms with Crippen LogP contribution in [0.25, 0.3) is 0 Å². The van der Waals surface area contributed by atoms with Crippen molar-refractivity contribution >= 4 is 5.97 Å². The Hall–Kier alpha value is -0.990. The first-order valence-electron chi connectivity index (χ1n) is 8.79. The Kier molecular flexibility index (Phi) is 4.98. The van der Waals surface area contributed by atoms with Crippen LogP contribution < -0.4 is 0 Å². The summed E-state index contributed by atoms with van der Waals surface area (Å²) < 4.78 is 16.5. The van der Waals surface area contributed by atoms with Crippen molar-refractivity contribution in [3.8, 4) is 0 Å². The van der Waals surface area contributed by atoms with Gasteiger partial charge in [0.05, 0.1) is 6.10 Å². The van der Waals surface area contributed by atoms with Gasteiger partial charge in [-0.05, 0) is 24.7 Å². The second kappa shape index (κ2) is 6.63. The standard InChI is InChI=1S/C18H28O7/c1-8-5-6-10-16(12(8)18(10,3)4)25-17-15(22)14(21)13(20)11(24-17)7-23-9(2)19/h5,10-17,20-22H,6-7H2,1-4H3/t10-,11+,12+,13+,14-,15+,16-,17-/m0/s1. The van der Waals surface area contributed by atoms with Gasteiger partial charge in [0, 0.05) is 12.8 Å². The van der Waals surface area contributed by atoms with E-state index >= 15 is 0 Å². The van der Waals surface area contributed by atoms with Crippen LogP contribution in [0, 0.1) is 17.3 Å². The fourth-order valence-corrected chi connectivity index (χ4v) is 4.61. The van der Waals surface area contributed by atoms with Gasteiger partial charge in [0.15, 0.2) is 6.29 Å². The quantitative estimate of drug-likeness (QED) is 0.493. The third-order valence-electron chi connectivity index (χ3n) is 6.08. The molecule has 0 amide bonds. The molecular weight excluding hydrogens is 328 g/mol. The van der Waals surface area contributed by atoms with Crippen LogP contribution in [0.1, 0.15) is 34.1 Å². The first-order chi connectivity index (χ1) is 11.6. The summed E-state index contributed by atoms with van der Waals surface area (Å²) in [6.45, 7) is 7.54. The van der Waals surface area contributed by atoms with Crippen LogP contribution in [0.15, 0.2) is 11.6 Å². The Morgan fingerprint density at radius 2 is 1.96 bits per heavy atom. The maximum absolute atomic E-state index is 11.0. The number of hydrogen-bond acceptors (Lipinski definition) is 7. The van der Waals surface area contributed by atoms with E-state index < -0.39 is 36.7 Å². The molecule has 0 unspecified atom stereocenters. The van der Waals surface area contributed by atoms with Crippen molar-refractivity contribution < 1.29 is 34.3 Å². The monoisotopic (exact) mass is 356 g/mol. The molecule has 0 radical (unpaired) electrons. The molecule has 0 aromatic carbocycles. The summed E-state index contributed by atoms with van der Waals surface area (Å²) in [5.41, 5.74) is 1.39. The van der Waals surface area contributed by atoms with E-state index in [1.54, 1.807) is 0 Å². The minimum Gasteiger partial charge on any atom is -0.463 e. The Labute approximate surface area is 147 Å². The average molecular weight is 356 g/mol. The van der Waals surface area contributed by atoms with Crippen LogP contribution in [-0.2, 0) is 19.0 Å². The highest BCUT2D eigenvalue weighted by atomic mass is 16.7. The lowest BCUT2D eigenvalue weighted by Crippen LogP contribution is -2.65. The van der Waals surface area contributed by atoms with Gasteiger partial charge in [0.1, 0.15) is 31.0 Å². The fourth-order valence-electron chi connectivity index (χ4n) is 4.61. The van der Waals surface area contributed by atoms with E-state index in [2.05, 4.69) is 26.8 Å². The maximum Gasteiger partial charge on any atom is 0.302 e. The predicted octanol–water partition coefficient (Wildman–Crippen LogP) is 0.364. The number of fused-ring (bicyclic) bond motifs is 2. The predicted molar refractivity (Wildman–Crippen MR) is 87.3 cm³/mol. The summed E-state index contributed by atoms with van der Waals surface area (Å²) in [6, 6.07) is 0. The Morgan fingerprint density at radius 3 is 2.52 bits per heavy atom. The molecule has 1 aliphatic heterocycles. The van der Waals surface area contributed by atoms with Gasteiger partial charge < -0.3 is 29.5 Å². The molecule has 7 heteroatoms. The van der Waals surface area contributed by atoms with Crippen LogP contribution in [0.2, 0.25) is 0 Å². The molecule has 3 aliphatic rings. The van der Waals surface area contributed by atoms with E-state index in [-0.39, 0.29) is 24.0 Å². The number of aliphatic hydroxyl groups excluding tert-OH is 3. The molecule has 142 valence electrons. The van der Waals surface area contributed by atoms with E-state index in [1.165, 1.54) is 12.5 Å². The van der Waals surface area contributed by atoms with E-state index in [0.717, 1.165) is 6.42 Å². The number of allylic oxidation sites excluding steroid dienone is 1. The summed E-state index contributed by atoms with van der Waals surface area (Å²) in [5, 5.41) is 30.4. The molecule has 0 aromatic heterocycles. The molecular formula is C18H28O7. The molecule has 3 N–H and O–H groups in total. The Bertz CT molecular complexity index is 558. The van der Waals surface area contributed by atoms with Crippen molar-refractivity contribution in [2.75, 3.05) is 6.61 Å². The third kappa shape index (κ3) is 3.13. The molecule has 25 heavy (non-hydrogen) atoms. The number of hydrogen-bond donors (Lipinski definition) is 3. The van der Waals surface area contributed by atoms with E-state index in [0.29, 0.717) is 5.92 Å². The topological polar surface area (TPSA) is 105 Å². The fraction of sp³-hybridized carbons (Fsp3) is 0.833. The van der Waals surface area contributed by atoms with Crippen molar-refractivity contribution in [2.45, 2.75) is 70.9 Å². The van der Waals surface area contributed by atoms with E-state index in [9.17, 15) is 20.1 Å². The van der Waals surface area contributed by atoms with Gasteiger partial charge in [-0.25, -0.2) is 0 Å². The lowest BCUT2D eigenvalue weighted by Gasteiger charge is -2.62. The van der Waals surface area contributed by atoms with Gasteiger partial charge >= 0.3 is 5.97 Å². The zero-order chi connectivity index (χ0) is 18.5. The number of rotatable bonds is 4. The van der Waals surface area contributed by atoms with Gasteiger partial charge in [0.2, 0.25) is 0 Å². The first kappa shape index (κ1) is 18.8. The molecule has 0 spiro atoms. The lowest BCUT2D eigenvalue weighted by molar-refractivity contribution is -0.339. The normalized spacial score (nSPS) is 45.3. The summed E-state index contributed by atoms with van der Waals surface area (Å²) >= 11 is 0. The summed E-state index contributed by atoms with van der Waals surface area (Å²) in [6.07, 6.45) is -3.13. The lowest BCUT2D eigenvalue weighted by atomic mass is 9.47. The Morgan fingerprint density at radius 1 is 1.28 bits per heavy atom. The van der Waals surface area contributed by atoms with Crippen molar-refractivity contribution in [1.82, 2.24) is 0 Å². The molecule has 2 aliphatic carbocycles. The molecule has 2 bridgehead atoms. The van der Waals surface area contributed by atoms with Crippen molar-refractivity contribution in [1.29, 1.82) is 0 Å². The minimum absolute atomic E-state index is 0.100. The molecule has 7 nitrogen and oxygen atoms in total. The summed E-state index contributed by atoms with van der Waals surface area (Å²) in [7, 11) is 0. The zero-order valence-corrected chi connectivity index (χ0v) is 15.1. The highest BCUT2D eigenvalue weighted by Crippen LogP contribution is 2.60. The summed E-state index contributed by atoms with van der Waals surface area (Å²) in [5.74, 6) is 0.0378. The number of carbonyl (C=O) groups is 1. The maximum atomic E-state index is 11.0. The summed E-state index contributed by atoms with van der Waals surface area (Å²) in [4.78, 5) is 11.0. The largest absolute Gasteiger partial charge is 0.463 e. The SMILES string of the molecule is CC(=O)OC[C@H]1O[C@@H](O[C@@H]2[C@H]3C(C)=CC[C@@H]2C3(C)C)[C@H](O)[C@@H](O)[C@@H]1O. The van der Waals surface area contributed by atoms with Crippen LogP contribution in [0.4, 0.5) is 0 Å². The molecule has 1 heterocycles. The van der Waals surface area contributed by atoms with E-state index in [1.807, 2.05) is 0 Å². The molecule has 1 saturated heterocycles. The van der Waals surface area contributed by atoms with Crippen LogP contribution in [0.3, 0.4) is 0 Å². The van der Waals surface area contributed by atoms with Gasteiger partial charge in [-0.15, -0.1) is 0 Å². The van der Waals surface area contributed by atoms with Gasteiger partial charge in [0.25, 0.3) is 0 Å². The van der Waals surface area contributed by atoms with Crippen molar-refractivity contribution in [2.24, 2.45) is 17.3 Å². The minimum atomic E-state index is -1.43. The third-order valence-corrected chi connectivity index (χ3v) is 6.08. The second-order valence-electron chi connectivity index (χ2n) is 8.01. The first-order valence-corrected chi connectivity index (χ1v) is 8.79. The molecule has 3 rings (SSSR count). The number of esters is 1. The molecule has 0 aromatic rings. The smallest absolute Gasteiger partial charge is 0.302 e. The number of carbonyl (C=O) groups excluding carboxylic acids is 1. The average Bonchev–Trinajstić information content (AvgIpc) is 2.53. The van der Waals surface area contributed by atoms with Gasteiger partial charge in [-0.3, -0.25) is 4.79 Å². The Balaban J connectivity index is 1.69. The van der Waals surface area contributed by atoms with E-state index in [4.69, 9.17) is 14.2 Å². The molecule has 1 saturated carbocycles. The van der Waals surface area contributed by atoms with Crippen molar-refractivity contribution in [3.63, 3.8) is 0 Å². The van der Waals surface area contributed by atoms with Crippen LogP contribution >= 0.6 is 0 Å². The van der Waals surface area contributed by atoms with Crippen LogP contribution in [-0.4, -0.2) is 64.7 Å².